The van der Waals surface area contributed by atoms with Crippen LogP contribution in [0.2, 0.25) is 0 Å². The van der Waals surface area contributed by atoms with Gasteiger partial charge in [-0.1, -0.05) is 24.6 Å². The zero-order chi connectivity index (χ0) is 20.1. The van der Waals surface area contributed by atoms with Gasteiger partial charge in [-0.05, 0) is 27.7 Å². The van der Waals surface area contributed by atoms with Gasteiger partial charge in [0.05, 0.1) is 5.92 Å². The van der Waals surface area contributed by atoms with Crippen LogP contribution >= 0.6 is 0 Å². The number of aliphatic hydroxyl groups excluding tert-OH is 2. The zero-order valence-corrected chi connectivity index (χ0v) is 16.3. The van der Waals surface area contributed by atoms with Crippen molar-refractivity contribution in [2.45, 2.75) is 77.2 Å². The highest BCUT2D eigenvalue weighted by Gasteiger charge is 2.68. The first-order valence-electron chi connectivity index (χ1n) is 9.35. The van der Waals surface area contributed by atoms with Crippen LogP contribution in [0.25, 0.3) is 0 Å². The van der Waals surface area contributed by atoms with Crippen LogP contribution in [0, 0.1) is 11.8 Å². The fourth-order valence-corrected chi connectivity index (χ4v) is 4.14. The van der Waals surface area contributed by atoms with Crippen molar-refractivity contribution in [1.82, 2.24) is 0 Å². The molecule has 2 heterocycles. The molecule has 3 aliphatic rings. The van der Waals surface area contributed by atoms with E-state index in [-0.39, 0.29) is 5.97 Å². The number of aliphatic hydroxyl groups is 2. The van der Waals surface area contributed by atoms with Gasteiger partial charge in [-0.3, -0.25) is 4.79 Å². The van der Waals surface area contributed by atoms with Gasteiger partial charge in [-0.25, -0.2) is 4.79 Å². The number of carbonyl (C=O) groups excluding carboxylic acids is 2. The standard InChI is InChI=1S/C20H28O7/c1-6-10(3)18(23)25-13-8-9(2)7-12(21)16(22)20(5)17(27-20)15-14(13)11(4)19(24)26-15/h6-7,11-17,21-22H,8H2,1-5H3/b9-7+,10-6+/t11-,12+,13+,14+,15-,16-,17+,20+/m0/s1. The molecule has 0 amide bonds. The minimum atomic E-state index is -1.14. The van der Waals surface area contributed by atoms with Crippen molar-refractivity contribution in [2.24, 2.45) is 11.8 Å². The molecule has 0 aromatic carbocycles. The van der Waals surface area contributed by atoms with Gasteiger partial charge < -0.3 is 24.4 Å². The minimum Gasteiger partial charge on any atom is -0.459 e. The Morgan fingerprint density at radius 2 is 2.07 bits per heavy atom. The Morgan fingerprint density at radius 1 is 1.41 bits per heavy atom. The summed E-state index contributed by atoms with van der Waals surface area (Å²) in [6.45, 7) is 8.67. The van der Waals surface area contributed by atoms with Crippen LogP contribution in [0.1, 0.15) is 41.0 Å². The van der Waals surface area contributed by atoms with Crippen molar-refractivity contribution >= 4 is 11.9 Å². The van der Waals surface area contributed by atoms with E-state index in [1.165, 1.54) is 0 Å². The highest BCUT2D eigenvalue weighted by Crippen LogP contribution is 2.50. The van der Waals surface area contributed by atoms with E-state index < -0.39 is 53.9 Å². The van der Waals surface area contributed by atoms with E-state index in [0.29, 0.717) is 12.0 Å². The number of fused-ring (bicyclic) bond motifs is 3. The van der Waals surface area contributed by atoms with Gasteiger partial charge in [0, 0.05) is 17.9 Å². The number of allylic oxidation sites excluding steroid dienone is 1. The Hall–Kier alpha value is -1.70. The van der Waals surface area contributed by atoms with Crippen molar-refractivity contribution in [1.29, 1.82) is 0 Å². The van der Waals surface area contributed by atoms with E-state index in [0.717, 1.165) is 5.57 Å². The molecule has 2 N–H and O–H groups in total. The molecule has 0 saturated carbocycles. The monoisotopic (exact) mass is 380 g/mol. The Bertz CT molecular complexity index is 696. The van der Waals surface area contributed by atoms with Crippen LogP contribution in [0.5, 0.6) is 0 Å². The van der Waals surface area contributed by atoms with Gasteiger partial charge in [0.15, 0.2) is 0 Å². The maximum Gasteiger partial charge on any atom is 0.333 e. The summed E-state index contributed by atoms with van der Waals surface area (Å²) in [5.74, 6) is -1.69. The zero-order valence-electron chi connectivity index (χ0n) is 16.3. The molecule has 1 aliphatic carbocycles. The fraction of sp³-hybridized carbons (Fsp3) is 0.700. The molecule has 7 heteroatoms. The molecule has 0 unspecified atom stereocenters. The second kappa shape index (κ2) is 7.04. The van der Waals surface area contributed by atoms with Crippen LogP contribution in [0.3, 0.4) is 0 Å². The molecule has 2 saturated heterocycles. The fourth-order valence-electron chi connectivity index (χ4n) is 4.14. The molecule has 0 aromatic rings. The van der Waals surface area contributed by atoms with E-state index in [1.54, 1.807) is 46.8 Å². The van der Waals surface area contributed by atoms with Gasteiger partial charge >= 0.3 is 11.9 Å². The third-order valence-corrected chi connectivity index (χ3v) is 6.10. The molecule has 2 fully saturated rings. The topological polar surface area (TPSA) is 106 Å². The van der Waals surface area contributed by atoms with Crippen molar-refractivity contribution in [3.8, 4) is 0 Å². The molecule has 0 spiro atoms. The number of epoxide rings is 1. The van der Waals surface area contributed by atoms with E-state index in [1.807, 2.05) is 0 Å². The van der Waals surface area contributed by atoms with E-state index in [9.17, 15) is 19.8 Å². The summed E-state index contributed by atoms with van der Waals surface area (Å²) in [5, 5.41) is 20.8. The second-order valence-electron chi connectivity index (χ2n) is 8.06. The Kier molecular flexibility index (Phi) is 5.22. The predicted octanol–water partition coefficient (Wildman–Crippen LogP) is 1.27. The summed E-state index contributed by atoms with van der Waals surface area (Å²) >= 11 is 0. The highest BCUT2D eigenvalue weighted by molar-refractivity contribution is 5.87. The first-order chi connectivity index (χ1) is 12.6. The molecular weight excluding hydrogens is 352 g/mol. The predicted molar refractivity (Wildman–Crippen MR) is 95.5 cm³/mol. The lowest BCUT2D eigenvalue weighted by atomic mass is 9.78. The van der Waals surface area contributed by atoms with Crippen LogP contribution in [-0.2, 0) is 23.8 Å². The quantitative estimate of drug-likeness (QED) is 0.322. The van der Waals surface area contributed by atoms with Gasteiger partial charge in [-0.15, -0.1) is 0 Å². The minimum absolute atomic E-state index is 0.331. The van der Waals surface area contributed by atoms with Crippen LogP contribution < -0.4 is 0 Å². The maximum absolute atomic E-state index is 12.4. The van der Waals surface area contributed by atoms with E-state index in [4.69, 9.17) is 14.2 Å². The smallest absolute Gasteiger partial charge is 0.333 e. The lowest BCUT2D eigenvalue weighted by Crippen LogP contribution is -2.45. The second-order valence-corrected chi connectivity index (χ2v) is 8.06. The van der Waals surface area contributed by atoms with Crippen LogP contribution in [0.4, 0.5) is 0 Å². The molecule has 3 rings (SSSR count). The lowest BCUT2D eigenvalue weighted by Gasteiger charge is -2.31. The Labute approximate surface area is 159 Å². The van der Waals surface area contributed by atoms with Gasteiger partial charge in [0.25, 0.3) is 0 Å². The summed E-state index contributed by atoms with van der Waals surface area (Å²) in [6, 6.07) is 0. The summed E-state index contributed by atoms with van der Waals surface area (Å²) in [5.41, 5.74) is 0.214. The number of hydrogen-bond donors (Lipinski definition) is 2. The number of ether oxygens (including phenoxy) is 3. The summed E-state index contributed by atoms with van der Waals surface area (Å²) < 4.78 is 17.0. The average Bonchev–Trinajstić information content (AvgIpc) is 3.21. The van der Waals surface area contributed by atoms with Crippen LogP contribution in [0.15, 0.2) is 23.3 Å². The normalized spacial score (nSPS) is 46.5. The first-order valence-corrected chi connectivity index (χ1v) is 9.35. The molecule has 0 aromatic heterocycles. The average molecular weight is 380 g/mol. The molecule has 7 nitrogen and oxygen atoms in total. The van der Waals surface area contributed by atoms with E-state index >= 15 is 0 Å². The highest BCUT2D eigenvalue weighted by atomic mass is 16.7. The Balaban J connectivity index is 1.99. The number of hydrogen-bond acceptors (Lipinski definition) is 7. The maximum atomic E-state index is 12.4. The van der Waals surface area contributed by atoms with Crippen LogP contribution in [-0.4, -0.2) is 58.3 Å². The molecule has 2 aliphatic heterocycles. The third kappa shape index (κ3) is 3.44. The summed E-state index contributed by atoms with van der Waals surface area (Å²) in [4.78, 5) is 24.7. The van der Waals surface area contributed by atoms with Gasteiger partial charge in [0.1, 0.15) is 36.1 Å². The first kappa shape index (κ1) is 20.0. The Morgan fingerprint density at radius 3 is 2.70 bits per heavy atom. The lowest BCUT2D eigenvalue weighted by molar-refractivity contribution is -0.149. The van der Waals surface area contributed by atoms with Gasteiger partial charge in [-0.2, -0.15) is 0 Å². The number of rotatable bonds is 2. The SMILES string of the molecule is C/C=C(\C)C(=O)O[C@@H]1C/C(C)=C/[C@@H](O)[C@H](O)[C@@]2(C)O[C@@H]2[C@H]2OC(=O)[C@@H](C)[C@@H]21. The largest absolute Gasteiger partial charge is 0.459 e. The summed E-state index contributed by atoms with van der Waals surface area (Å²) in [7, 11) is 0. The van der Waals surface area contributed by atoms with Crippen molar-refractivity contribution < 1.29 is 34.0 Å². The molecule has 0 radical (unpaired) electrons. The van der Waals surface area contributed by atoms with Gasteiger partial charge in [0.2, 0.25) is 0 Å². The molecule has 8 atom stereocenters. The van der Waals surface area contributed by atoms with Crippen molar-refractivity contribution in [3.63, 3.8) is 0 Å². The molecule has 27 heavy (non-hydrogen) atoms. The van der Waals surface area contributed by atoms with Crippen molar-refractivity contribution in [2.75, 3.05) is 0 Å². The summed E-state index contributed by atoms with van der Waals surface area (Å²) in [6.07, 6.45) is -0.517. The number of esters is 2. The third-order valence-electron chi connectivity index (χ3n) is 6.10. The van der Waals surface area contributed by atoms with Crippen molar-refractivity contribution in [3.05, 3.63) is 23.3 Å². The molecule has 150 valence electrons. The molecular formula is C20H28O7. The van der Waals surface area contributed by atoms with E-state index in [2.05, 4.69) is 0 Å². The number of carbonyl (C=O) groups is 2. The molecule has 0 bridgehead atoms.